The Morgan fingerprint density at radius 1 is 1.40 bits per heavy atom. The maximum atomic E-state index is 10.4. The molecule has 5 heteroatoms. The average molecular weight is 207 g/mol. The minimum Gasteiger partial charge on any atom is -0.314 e. The topological polar surface area (TPSA) is 67.2 Å². The van der Waals surface area contributed by atoms with Crippen molar-refractivity contribution in [1.29, 1.82) is 0 Å². The van der Waals surface area contributed by atoms with Crippen LogP contribution in [0.1, 0.15) is 5.56 Å². The van der Waals surface area contributed by atoms with E-state index in [-0.39, 0.29) is 10.6 Å². The molecule has 1 heterocycles. The molecule has 2 rings (SSSR count). The number of hydrogen-bond acceptors (Lipinski definition) is 4. The van der Waals surface area contributed by atoms with Crippen LogP contribution < -0.4 is 10.6 Å². The molecule has 0 amide bonds. The standard InChI is InChI=1S/C10H13N3O2/c14-13(15)10-3-1-8(2-4-10)5-12-9-6-11-7-9/h1-4,9,11-12H,5-7H2. The number of nitrogens with one attached hydrogen (secondary N) is 2. The van der Waals surface area contributed by atoms with Gasteiger partial charge in [0.05, 0.1) is 4.92 Å². The summed E-state index contributed by atoms with van der Waals surface area (Å²) in [4.78, 5) is 10.0. The van der Waals surface area contributed by atoms with Crippen LogP contribution in [-0.4, -0.2) is 24.1 Å². The Bertz CT molecular complexity index is 346. The van der Waals surface area contributed by atoms with Crippen LogP contribution in [0.5, 0.6) is 0 Å². The van der Waals surface area contributed by atoms with E-state index >= 15 is 0 Å². The molecule has 5 nitrogen and oxygen atoms in total. The third-order valence-electron chi connectivity index (χ3n) is 2.52. The van der Waals surface area contributed by atoms with Gasteiger partial charge < -0.3 is 10.6 Å². The highest BCUT2D eigenvalue weighted by Gasteiger charge is 2.15. The Morgan fingerprint density at radius 2 is 2.07 bits per heavy atom. The lowest BCUT2D eigenvalue weighted by atomic mass is 10.1. The van der Waals surface area contributed by atoms with Crippen LogP contribution >= 0.6 is 0 Å². The fraction of sp³-hybridized carbons (Fsp3) is 0.400. The molecule has 2 N–H and O–H groups in total. The average Bonchev–Trinajstić information content (AvgIpc) is 2.16. The summed E-state index contributed by atoms with van der Waals surface area (Å²) >= 11 is 0. The number of non-ortho nitro benzene ring substituents is 1. The lowest BCUT2D eigenvalue weighted by Gasteiger charge is -2.28. The number of benzene rings is 1. The van der Waals surface area contributed by atoms with Crippen molar-refractivity contribution in [2.24, 2.45) is 0 Å². The Balaban J connectivity index is 1.88. The first-order valence-electron chi connectivity index (χ1n) is 4.93. The summed E-state index contributed by atoms with van der Waals surface area (Å²) < 4.78 is 0. The first-order valence-corrected chi connectivity index (χ1v) is 4.93. The van der Waals surface area contributed by atoms with Gasteiger partial charge in [0.2, 0.25) is 0 Å². The van der Waals surface area contributed by atoms with Crippen LogP contribution in [0.4, 0.5) is 5.69 Å². The van der Waals surface area contributed by atoms with Gasteiger partial charge in [0.25, 0.3) is 5.69 Å². The van der Waals surface area contributed by atoms with E-state index in [1.54, 1.807) is 12.1 Å². The Labute approximate surface area is 87.6 Å². The van der Waals surface area contributed by atoms with E-state index in [0.717, 1.165) is 25.2 Å². The highest BCUT2D eigenvalue weighted by molar-refractivity contribution is 5.32. The summed E-state index contributed by atoms with van der Waals surface area (Å²) in [5.74, 6) is 0. The van der Waals surface area contributed by atoms with Crippen LogP contribution in [-0.2, 0) is 6.54 Å². The van der Waals surface area contributed by atoms with Gasteiger partial charge in [0, 0.05) is 37.8 Å². The molecule has 0 spiro atoms. The Kier molecular flexibility index (Phi) is 2.94. The van der Waals surface area contributed by atoms with E-state index in [2.05, 4.69) is 10.6 Å². The quantitative estimate of drug-likeness (QED) is 0.562. The van der Waals surface area contributed by atoms with Crippen molar-refractivity contribution >= 4 is 5.69 Å². The van der Waals surface area contributed by atoms with Crippen molar-refractivity contribution in [2.75, 3.05) is 13.1 Å². The van der Waals surface area contributed by atoms with E-state index in [0.29, 0.717) is 6.04 Å². The van der Waals surface area contributed by atoms with Gasteiger partial charge in [0.15, 0.2) is 0 Å². The van der Waals surface area contributed by atoms with Gasteiger partial charge in [-0.15, -0.1) is 0 Å². The van der Waals surface area contributed by atoms with Crippen molar-refractivity contribution < 1.29 is 4.92 Å². The molecule has 0 aromatic heterocycles. The number of rotatable bonds is 4. The van der Waals surface area contributed by atoms with Crippen molar-refractivity contribution in [3.05, 3.63) is 39.9 Å². The molecule has 1 fully saturated rings. The normalized spacial score (nSPS) is 16.0. The molecule has 1 aliphatic heterocycles. The van der Waals surface area contributed by atoms with Crippen LogP contribution in [0.2, 0.25) is 0 Å². The number of nitrogens with zero attached hydrogens (tertiary/aromatic N) is 1. The van der Waals surface area contributed by atoms with E-state index in [1.807, 2.05) is 0 Å². The summed E-state index contributed by atoms with van der Waals surface area (Å²) in [6.07, 6.45) is 0. The van der Waals surface area contributed by atoms with Crippen molar-refractivity contribution in [1.82, 2.24) is 10.6 Å². The number of hydrogen-bond donors (Lipinski definition) is 2. The molecule has 0 unspecified atom stereocenters. The molecule has 80 valence electrons. The second-order valence-corrected chi connectivity index (χ2v) is 3.66. The van der Waals surface area contributed by atoms with E-state index in [9.17, 15) is 10.1 Å². The molecule has 0 aliphatic carbocycles. The van der Waals surface area contributed by atoms with Crippen molar-refractivity contribution in [3.63, 3.8) is 0 Å². The summed E-state index contributed by atoms with van der Waals surface area (Å²) in [6, 6.07) is 7.20. The second-order valence-electron chi connectivity index (χ2n) is 3.66. The van der Waals surface area contributed by atoms with E-state index in [4.69, 9.17) is 0 Å². The maximum Gasteiger partial charge on any atom is 0.269 e. The second kappa shape index (κ2) is 4.37. The van der Waals surface area contributed by atoms with Crippen LogP contribution in [0.15, 0.2) is 24.3 Å². The number of nitro benzene ring substituents is 1. The number of nitro groups is 1. The van der Waals surface area contributed by atoms with Crippen molar-refractivity contribution in [2.45, 2.75) is 12.6 Å². The predicted molar refractivity (Wildman–Crippen MR) is 56.6 cm³/mol. The smallest absolute Gasteiger partial charge is 0.269 e. The molecule has 1 aromatic rings. The van der Waals surface area contributed by atoms with Crippen molar-refractivity contribution in [3.8, 4) is 0 Å². The zero-order chi connectivity index (χ0) is 10.7. The monoisotopic (exact) mass is 207 g/mol. The minimum absolute atomic E-state index is 0.143. The van der Waals surface area contributed by atoms with Gasteiger partial charge in [-0.25, -0.2) is 0 Å². The highest BCUT2D eigenvalue weighted by atomic mass is 16.6. The molecule has 1 aliphatic rings. The van der Waals surface area contributed by atoms with Gasteiger partial charge in [-0.05, 0) is 5.56 Å². The van der Waals surface area contributed by atoms with Crippen LogP contribution in [0.25, 0.3) is 0 Å². The third-order valence-corrected chi connectivity index (χ3v) is 2.52. The van der Waals surface area contributed by atoms with Gasteiger partial charge in [-0.2, -0.15) is 0 Å². The summed E-state index contributed by atoms with van der Waals surface area (Å²) in [5.41, 5.74) is 1.22. The van der Waals surface area contributed by atoms with Gasteiger partial charge in [-0.1, -0.05) is 12.1 Å². The van der Waals surface area contributed by atoms with E-state index in [1.165, 1.54) is 12.1 Å². The zero-order valence-corrected chi connectivity index (χ0v) is 8.27. The molecule has 1 saturated heterocycles. The minimum atomic E-state index is -0.382. The summed E-state index contributed by atoms with van der Waals surface area (Å²) in [7, 11) is 0. The Hall–Kier alpha value is -1.46. The molecule has 15 heavy (non-hydrogen) atoms. The van der Waals surface area contributed by atoms with E-state index < -0.39 is 0 Å². The van der Waals surface area contributed by atoms with Gasteiger partial charge >= 0.3 is 0 Å². The lowest BCUT2D eigenvalue weighted by molar-refractivity contribution is -0.384. The fourth-order valence-corrected chi connectivity index (χ4v) is 1.43. The molecule has 1 aromatic carbocycles. The first-order chi connectivity index (χ1) is 7.25. The fourth-order valence-electron chi connectivity index (χ4n) is 1.43. The maximum absolute atomic E-state index is 10.4. The van der Waals surface area contributed by atoms with Gasteiger partial charge in [-0.3, -0.25) is 10.1 Å². The summed E-state index contributed by atoms with van der Waals surface area (Å²) in [6.45, 7) is 2.78. The molecule has 0 radical (unpaired) electrons. The Morgan fingerprint density at radius 3 is 2.53 bits per heavy atom. The third kappa shape index (κ3) is 2.51. The molecule has 0 bridgehead atoms. The summed E-state index contributed by atoms with van der Waals surface area (Å²) in [5, 5.41) is 16.9. The SMILES string of the molecule is O=[N+]([O-])c1ccc(CNC2CNC2)cc1. The van der Waals surface area contributed by atoms with Crippen LogP contribution in [0, 0.1) is 10.1 Å². The van der Waals surface area contributed by atoms with Crippen LogP contribution in [0.3, 0.4) is 0 Å². The molecular formula is C10H13N3O2. The molecule has 0 atom stereocenters. The lowest BCUT2D eigenvalue weighted by Crippen LogP contribution is -2.54. The first kappa shape index (κ1) is 10.1. The zero-order valence-electron chi connectivity index (χ0n) is 8.27. The molecule has 0 saturated carbocycles. The van der Waals surface area contributed by atoms with Gasteiger partial charge in [0.1, 0.15) is 0 Å². The predicted octanol–water partition coefficient (Wildman–Crippen LogP) is 0.656. The highest BCUT2D eigenvalue weighted by Crippen LogP contribution is 2.11. The molecular weight excluding hydrogens is 194 g/mol. The largest absolute Gasteiger partial charge is 0.314 e.